The highest BCUT2D eigenvalue weighted by Crippen LogP contribution is 2.31. The van der Waals surface area contributed by atoms with E-state index in [0.717, 1.165) is 50.8 Å². The van der Waals surface area contributed by atoms with Crippen molar-refractivity contribution in [2.45, 2.75) is 43.7 Å². The number of benzene rings is 1. The second kappa shape index (κ2) is 10.4. The van der Waals surface area contributed by atoms with Gasteiger partial charge in [-0.25, -0.2) is 0 Å². The number of aromatic hydroxyl groups is 1. The van der Waals surface area contributed by atoms with E-state index in [1.165, 1.54) is 11.3 Å². The standard InChI is InChI=1S/C22H27B2N3O2/c23-20(17-6-5-10-25-15-17)21(24)22(29)26-11-3-1-2-4-12-27-13-9-16-14-18(28)7-8-19(16)27/h5-8,10,14-15,20-21,28H,1-4,9,11-13H2,(H,26,29). The number of unbranched alkanes of at least 4 members (excludes halogenated alkanes) is 3. The van der Waals surface area contributed by atoms with Gasteiger partial charge in [0.1, 0.15) is 5.75 Å². The molecule has 3 rings (SSSR count). The molecule has 1 aliphatic rings. The number of amides is 1. The molecular weight excluding hydrogens is 360 g/mol. The highest BCUT2D eigenvalue weighted by atomic mass is 16.3. The van der Waals surface area contributed by atoms with Crippen LogP contribution >= 0.6 is 0 Å². The molecule has 2 N–H and O–H groups in total. The molecule has 0 saturated heterocycles. The van der Waals surface area contributed by atoms with Crippen LogP contribution in [0.5, 0.6) is 5.75 Å². The maximum absolute atomic E-state index is 12.2. The number of nitrogens with zero attached hydrogens (tertiary/aromatic N) is 2. The molecule has 0 saturated carbocycles. The van der Waals surface area contributed by atoms with Gasteiger partial charge in [0.2, 0.25) is 5.91 Å². The second-order valence-corrected chi connectivity index (χ2v) is 7.59. The molecule has 5 nitrogen and oxygen atoms in total. The summed E-state index contributed by atoms with van der Waals surface area (Å²) in [5, 5.41) is 12.5. The number of carbonyl (C=O) groups excluding carboxylic acids is 1. The third-order valence-electron chi connectivity index (χ3n) is 5.47. The van der Waals surface area contributed by atoms with Gasteiger partial charge < -0.3 is 15.3 Å². The van der Waals surface area contributed by atoms with Crippen LogP contribution in [0.2, 0.25) is 5.82 Å². The van der Waals surface area contributed by atoms with Crippen LogP contribution in [0.25, 0.3) is 0 Å². The smallest absolute Gasteiger partial charge is 0.214 e. The van der Waals surface area contributed by atoms with E-state index in [2.05, 4.69) is 15.2 Å². The van der Waals surface area contributed by atoms with E-state index in [1.807, 2.05) is 18.2 Å². The Balaban J connectivity index is 1.28. The molecule has 1 aromatic heterocycles. The maximum Gasteiger partial charge on any atom is 0.214 e. The van der Waals surface area contributed by atoms with Crippen LogP contribution in [-0.4, -0.2) is 51.3 Å². The minimum Gasteiger partial charge on any atom is -0.508 e. The first-order valence-corrected chi connectivity index (χ1v) is 10.3. The van der Waals surface area contributed by atoms with Crippen molar-refractivity contribution in [3.8, 4) is 5.75 Å². The highest BCUT2D eigenvalue weighted by molar-refractivity contribution is 6.30. The molecule has 1 amide bonds. The first kappa shape index (κ1) is 21.3. The number of pyridine rings is 1. The van der Waals surface area contributed by atoms with Gasteiger partial charge in [0, 0.05) is 37.7 Å². The minimum absolute atomic E-state index is 0.224. The van der Waals surface area contributed by atoms with Crippen LogP contribution in [0.1, 0.15) is 42.6 Å². The Bertz CT molecular complexity index is 804. The summed E-state index contributed by atoms with van der Waals surface area (Å²) in [6.45, 7) is 2.65. The molecule has 0 bridgehead atoms. The van der Waals surface area contributed by atoms with Crippen LogP contribution in [0.4, 0.5) is 5.69 Å². The number of phenolic OH excluding ortho intramolecular Hbond substituents is 1. The molecule has 1 aliphatic heterocycles. The second-order valence-electron chi connectivity index (χ2n) is 7.59. The molecule has 2 aromatic rings. The number of anilines is 1. The molecule has 2 unspecified atom stereocenters. The molecule has 0 fully saturated rings. The van der Waals surface area contributed by atoms with Crippen molar-refractivity contribution in [2.75, 3.05) is 24.5 Å². The molecular formula is C22H27B2N3O2. The third-order valence-corrected chi connectivity index (χ3v) is 5.47. The molecule has 148 valence electrons. The van der Waals surface area contributed by atoms with Gasteiger partial charge in [-0.05, 0) is 66.3 Å². The monoisotopic (exact) mass is 387 g/mol. The number of nitrogens with one attached hydrogen (secondary N) is 1. The van der Waals surface area contributed by atoms with Crippen LogP contribution in [0.3, 0.4) is 0 Å². The number of phenols is 1. The van der Waals surface area contributed by atoms with Crippen molar-refractivity contribution in [1.82, 2.24) is 10.3 Å². The van der Waals surface area contributed by atoms with E-state index < -0.39 is 11.6 Å². The third kappa shape index (κ3) is 5.78. The number of rotatable bonds is 10. The first-order chi connectivity index (χ1) is 14.1. The summed E-state index contributed by atoms with van der Waals surface area (Å²) in [5.74, 6) is -1.23. The van der Waals surface area contributed by atoms with Crippen LogP contribution in [-0.2, 0) is 11.2 Å². The fourth-order valence-corrected chi connectivity index (χ4v) is 3.74. The predicted molar refractivity (Wildman–Crippen MR) is 118 cm³/mol. The van der Waals surface area contributed by atoms with E-state index in [0.29, 0.717) is 12.3 Å². The largest absolute Gasteiger partial charge is 0.508 e. The van der Waals surface area contributed by atoms with E-state index in [9.17, 15) is 9.90 Å². The number of aromatic nitrogens is 1. The zero-order chi connectivity index (χ0) is 20.6. The van der Waals surface area contributed by atoms with Crippen molar-refractivity contribution in [3.63, 3.8) is 0 Å². The minimum atomic E-state index is -0.783. The lowest BCUT2D eigenvalue weighted by Gasteiger charge is -2.20. The van der Waals surface area contributed by atoms with Gasteiger partial charge in [0.05, 0.1) is 15.7 Å². The van der Waals surface area contributed by atoms with Crippen molar-refractivity contribution in [3.05, 3.63) is 53.9 Å². The van der Waals surface area contributed by atoms with Gasteiger partial charge in [-0.3, -0.25) is 9.78 Å². The Kier molecular flexibility index (Phi) is 7.61. The topological polar surface area (TPSA) is 65.5 Å². The Morgan fingerprint density at radius 1 is 1.21 bits per heavy atom. The number of fused-ring (bicyclic) bond motifs is 1. The van der Waals surface area contributed by atoms with Crippen molar-refractivity contribution >= 4 is 27.3 Å². The van der Waals surface area contributed by atoms with Crippen LogP contribution < -0.4 is 10.2 Å². The van der Waals surface area contributed by atoms with E-state index in [4.69, 9.17) is 15.7 Å². The van der Waals surface area contributed by atoms with E-state index in [-0.39, 0.29) is 5.91 Å². The summed E-state index contributed by atoms with van der Waals surface area (Å²) in [4.78, 5) is 18.6. The Morgan fingerprint density at radius 2 is 2.03 bits per heavy atom. The van der Waals surface area contributed by atoms with Gasteiger partial charge in [0.15, 0.2) is 0 Å². The molecule has 0 spiro atoms. The average Bonchev–Trinajstić information content (AvgIpc) is 3.14. The average molecular weight is 387 g/mol. The van der Waals surface area contributed by atoms with E-state index >= 15 is 0 Å². The maximum atomic E-state index is 12.2. The van der Waals surface area contributed by atoms with Gasteiger partial charge in [-0.2, -0.15) is 0 Å². The molecule has 4 radical (unpaired) electrons. The fourth-order valence-electron chi connectivity index (χ4n) is 3.74. The number of carbonyl (C=O) groups is 1. The summed E-state index contributed by atoms with van der Waals surface area (Å²) >= 11 is 0. The molecule has 0 aliphatic carbocycles. The number of hydrogen-bond donors (Lipinski definition) is 2. The lowest BCUT2D eigenvalue weighted by molar-refractivity contribution is -0.121. The fraction of sp³-hybridized carbons (Fsp3) is 0.455. The molecule has 2 heterocycles. The van der Waals surface area contributed by atoms with E-state index in [1.54, 1.807) is 24.5 Å². The van der Waals surface area contributed by atoms with Crippen LogP contribution in [0, 0.1) is 0 Å². The summed E-state index contributed by atoms with van der Waals surface area (Å²) in [5.41, 5.74) is 3.23. The Hall–Kier alpha value is -2.43. The van der Waals surface area contributed by atoms with Gasteiger partial charge in [-0.1, -0.05) is 18.9 Å². The molecule has 7 heteroatoms. The van der Waals surface area contributed by atoms with Crippen molar-refractivity contribution < 1.29 is 9.90 Å². The molecule has 1 aromatic carbocycles. The summed E-state index contributed by atoms with van der Waals surface area (Å²) in [7, 11) is 12.1. The summed E-state index contributed by atoms with van der Waals surface area (Å²) in [6.07, 6.45) is 8.50. The highest BCUT2D eigenvalue weighted by Gasteiger charge is 2.21. The molecule has 29 heavy (non-hydrogen) atoms. The summed E-state index contributed by atoms with van der Waals surface area (Å²) < 4.78 is 0. The summed E-state index contributed by atoms with van der Waals surface area (Å²) in [6, 6.07) is 9.23. The molecule has 2 atom stereocenters. The van der Waals surface area contributed by atoms with Gasteiger partial charge in [0.25, 0.3) is 0 Å². The first-order valence-electron chi connectivity index (χ1n) is 10.3. The lowest BCUT2D eigenvalue weighted by Crippen LogP contribution is -2.31. The Morgan fingerprint density at radius 3 is 2.83 bits per heavy atom. The quantitative estimate of drug-likeness (QED) is 0.486. The van der Waals surface area contributed by atoms with Gasteiger partial charge >= 0.3 is 0 Å². The lowest BCUT2D eigenvalue weighted by atomic mass is 9.63. The van der Waals surface area contributed by atoms with Gasteiger partial charge in [-0.15, -0.1) is 0 Å². The van der Waals surface area contributed by atoms with Crippen molar-refractivity contribution in [2.24, 2.45) is 0 Å². The zero-order valence-electron chi connectivity index (χ0n) is 16.8. The predicted octanol–water partition coefficient (Wildman–Crippen LogP) is 2.69. The SMILES string of the molecule is [B]C(C(=O)NCCCCCCN1CCc2cc(O)ccc21)C([B])c1cccnc1. The van der Waals surface area contributed by atoms with Crippen molar-refractivity contribution in [1.29, 1.82) is 0 Å². The normalized spacial score (nSPS) is 15.0. The van der Waals surface area contributed by atoms with Crippen LogP contribution in [0.15, 0.2) is 42.7 Å². The Labute approximate surface area is 175 Å². The zero-order valence-corrected chi connectivity index (χ0v) is 16.8. The number of hydrogen-bond acceptors (Lipinski definition) is 4.